The van der Waals surface area contributed by atoms with Crippen molar-refractivity contribution in [2.45, 2.75) is 134 Å². The molecule has 0 unspecified atom stereocenters. The summed E-state index contributed by atoms with van der Waals surface area (Å²) in [6.07, 6.45) is 10.7. The summed E-state index contributed by atoms with van der Waals surface area (Å²) < 4.78 is 63.7. The number of anilines is 2. The zero-order valence-corrected chi connectivity index (χ0v) is 42.5. The van der Waals surface area contributed by atoms with Gasteiger partial charge in [0.25, 0.3) is 27.5 Å². The molecule has 72 heavy (non-hydrogen) atoms. The van der Waals surface area contributed by atoms with Gasteiger partial charge >= 0.3 is 0 Å². The summed E-state index contributed by atoms with van der Waals surface area (Å²) in [5.74, 6) is -1.29. The summed E-state index contributed by atoms with van der Waals surface area (Å²) >= 11 is 0. The van der Waals surface area contributed by atoms with Gasteiger partial charge in [0.05, 0.1) is 32.9 Å². The van der Waals surface area contributed by atoms with Crippen LogP contribution in [-0.4, -0.2) is 90.3 Å². The molecule has 1 amide bonds. The van der Waals surface area contributed by atoms with Crippen molar-refractivity contribution in [3.8, 4) is 23.1 Å². The van der Waals surface area contributed by atoms with Crippen molar-refractivity contribution in [1.82, 2.24) is 19.6 Å². The highest BCUT2D eigenvalue weighted by Crippen LogP contribution is 2.55. The van der Waals surface area contributed by atoms with Gasteiger partial charge in [-0.15, -0.1) is 0 Å². The number of rotatable bonds is 14. The lowest BCUT2D eigenvalue weighted by Crippen LogP contribution is -2.54. The zero-order chi connectivity index (χ0) is 50.7. The summed E-state index contributed by atoms with van der Waals surface area (Å²) in [6, 6.07) is 18.0. The number of nitro groups is 1. The Labute approximate surface area is 420 Å². The highest BCUT2D eigenvalue weighted by Gasteiger charge is 2.50. The number of hydrogen-bond acceptors (Lipinski definition) is 13. The molecule has 5 aliphatic rings. The minimum Gasteiger partial charge on any atom is -0.489 e. The van der Waals surface area contributed by atoms with Gasteiger partial charge in [-0.2, -0.15) is 4.98 Å². The number of aromatic amines is 1. The predicted octanol–water partition coefficient (Wildman–Crippen LogP) is 10.4. The lowest BCUT2D eigenvalue weighted by atomic mass is 9.59. The molecule has 2 aromatic heterocycles. The number of piperidine rings is 1. The van der Waals surface area contributed by atoms with Gasteiger partial charge in [-0.1, -0.05) is 52.0 Å². The first-order chi connectivity index (χ1) is 34.4. The third-order valence-electron chi connectivity index (χ3n) is 16.2. The molecule has 4 fully saturated rings. The van der Waals surface area contributed by atoms with Crippen LogP contribution in [0.3, 0.4) is 0 Å². The zero-order valence-electron chi connectivity index (χ0n) is 41.7. The average molecular weight is 1010 g/mol. The molecular formula is C54H66FN7O9S. The Morgan fingerprint density at radius 3 is 2.49 bits per heavy atom. The summed E-state index contributed by atoms with van der Waals surface area (Å²) in [7, 11) is -4.76. The minimum absolute atomic E-state index is 0.00390. The number of likely N-dealkylation sites (tertiary alicyclic amines) is 1. The predicted molar refractivity (Wildman–Crippen MR) is 272 cm³/mol. The number of aromatic nitrogens is 2. The molecule has 2 saturated heterocycles. The van der Waals surface area contributed by atoms with Crippen LogP contribution in [0.4, 0.5) is 21.5 Å². The van der Waals surface area contributed by atoms with Gasteiger partial charge in [0.2, 0.25) is 0 Å². The van der Waals surface area contributed by atoms with Crippen LogP contribution >= 0.6 is 0 Å². The maximum absolute atomic E-state index is 15.0. The standard InChI is InChI=1S/C54H66FN7O9S/c1-32(2)38-9-6-7-10-39(38)44-11-8-20-61(44)36-27-54(28-36)18-21-60(22-19-54)35-12-13-40(46(23-35)71-48-26-41-42(55)29-56-50(41)58-52(48)70-30-33(3)63)51(64)59-72(67,68)37-24-45(62(65)66)49-47(25-37)69-31-43(57-49)34-14-16-53(4,5)17-15-34/h6-7,9-10,12-13,23-26,29,32-34,36,43-44,57,63H,8,11,14-22,27-28,30-31H2,1-5H3,(H,56,58)(H,59,64)/t33-,43+,44+/m0/s1. The van der Waals surface area contributed by atoms with Crippen LogP contribution in [-0.2, 0) is 10.0 Å². The number of H-pyrrole nitrogens is 1. The fraction of sp³-hybridized carbons (Fsp3) is 0.519. The molecule has 3 aliphatic heterocycles. The van der Waals surface area contributed by atoms with E-state index in [-0.39, 0.29) is 81.4 Å². The Kier molecular flexibility index (Phi) is 13.4. The fourth-order valence-electron chi connectivity index (χ4n) is 12.0. The van der Waals surface area contributed by atoms with Crippen molar-refractivity contribution in [3.05, 3.63) is 99.5 Å². The number of fused-ring (bicyclic) bond motifs is 2. The number of halogens is 1. The van der Waals surface area contributed by atoms with Crippen LogP contribution < -0.4 is 29.1 Å². The molecule has 2 saturated carbocycles. The van der Waals surface area contributed by atoms with E-state index in [2.05, 4.69) is 81.8 Å². The average Bonchev–Trinajstić information content (AvgIpc) is 3.97. The minimum atomic E-state index is -4.76. The number of sulfonamides is 1. The molecule has 2 aliphatic carbocycles. The highest BCUT2D eigenvalue weighted by molar-refractivity contribution is 7.90. The second kappa shape index (κ2) is 19.5. The number of carbonyl (C=O) groups excluding carboxylic acids is 1. The van der Waals surface area contributed by atoms with Gasteiger partial charge in [-0.25, -0.2) is 17.5 Å². The van der Waals surface area contributed by atoms with Crippen LogP contribution in [0.15, 0.2) is 71.8 Å². The molecule has 384 valence electrons. The number of benzene rings is 3. The van der Waals surface area contributed by atoms with E-state index >= 15 is 4.39 Å². The quantitative estimate of drug-likeness (QED) is 0.0605. The Hall–Kier alpha value is -5.98. The first-order valence-corrected chi connectivity index (χ1v) is 27.0. The van der Waals surface area contributed by atoms with E-state index in [0.29, 0.717) is 18.0 Å². The van der Waals surface area contributed by atoms with Crippen molar-refractivity contribution in [1.29, 1.82) is 0 Å². The van der Waals surface area contributed by atoms with E-state index in [1.165, 1.54) is 49.1 Å². The van der Waals surface area contributed by atoms with E-state index in [4.69, 9.17) is 14.2 Å². The summed E-state index contributed by atoms with van der Waals surface area (Å²) in [5, 5.41) is 26.0. The van der Waals surface area contributed by atoms with Crippen LogP contribution in [0.2, 0.25) is 0 Å². The number of amides is 1. The molecule has 0 radical (unpaired) electrons. The molecule has 5 heterocycles. The number of aliphatic hydroxyl groups is 1. The van der Waals surface area contributed by atoms with Crippen molar-refractivity contribution in [2.75, 3.05) is 43.1 Å². The van der Waals surface area contributed by atoms with E-state index in [0.717, 1.165) is 89.0 Å². The molecule has 18 heteroatoms. The second-order valence-electron chi connectivity index (χ2n) is 22.1. The third-order valence-corrected chi connectivity index (χ3v) is 17.5. The molecule has 16 nitrogen and oxygen atoms in total. The van der Waals surface area contributed by atoms with E-state index in [1.807, 2.05) is 0 Å². The Morgan fingerprint density at radius 2 is 1.76 bits per heavy atom. The Balaban J connectivity index is 0.900. The number of nitro benzene ring substituents is 1. The van der Waals surface area contributed by atoms with E-state index in [9.17, 15) is 28.4 Å². The van der Waals surface area contributed by atoms with E-state index < -0.39 is 43.4 Å². The number of pyridine rings is 1. The van der Waals surface area contributed by atoms with Crippen LogP contribution in [0.1, 0.15) is 132 Å². The van der Waals surface area contributed by atoms with Gasteiger partial charge in [0.15, 0.2) is 17.2 Å². The molecule has 4 N–H and O–H groups in total. The molecule has 10 rings (SSSR count). The SMILES string of the molecule is CC(C)c1ccccc1[C@H]1CCCN1C1CC2(CCN(c3ccc(C(=O)NS(=O)(=O)c4cc5c(c([N+](=O)[O-])c4)N[C@@H](C4CCC(C)(C)CC4)CO5)c(Oc4cc5c(F)c[nH]c5nc4OC[C@H](C)O)c3)CC2)C1. The fourth-order valence-corrected chi connectivity index (χ4v) is 13.0. The summed E-state index contributed by atoms with van der Waals surface area (Å²) in [6.45, 7) is 13.1. The lowest BCUT2D eigenvalue weighted by molar-refractivity contribution is -0.384. The number of hydrogen-bond donors (Lipinski definition) is 4. The molecule has 3 atom stereocenters. The van der Waals surface area contributed by atoms with Gasteiger partial charge in [0, 0.05) is 61.3 Å². The number of ether oxygens (including phenoxy) is 3. The Morgan fingerprint density at radius 1 is 1.01 bits per heavy atom. The number of carbonyl (C=O) groups is 1. The lowest BCUT2D eigenvalue weighted by Gasteiger charge is -2.56. The van der Waals surface area contributed by atoms with Crippen molar-refractivity contribution < 1.29 is 41.8 Å². The van der Waals surface area contributed by atoms with Crippen LogP contribution in [0.5, 0.6) is 23.1 Å². The van der Waals surface area contributed by atoms with Crippen LogP contribution in [0, 0.1) is 32.7 Å². The van der Waals surface area contributed by atoms with E-state index in [1.54, 1.807) is 12.1 Å². The topological polar surface area (TPSA) is 201 Å². The molecular weight excluding hydrogens is 942 g/mol. The summed E-state index contributed by atoms with van der Waals surface area (Å²) in [5.41, 5.74) is 3.63. The van der Waals surface area contributed by atoms with Crippen molar-refractivity contribution >= 4 is 44.0 Å². The Bertz CT molecular complexity index is 2970. The van der Waals surface area contributed by atoms with Gasteiger partial charge in [-0.3, -0.25) is 19.8 Å². The first-order valence-electron chi connectivity index (χ1n) is 25.5. The normalized spacial score (nSPS) is 21.7. The van der Waals surface area contributed by atoms with Gasteiger partial charge in [0.1, 0.15) is 30.4 Å². The van der Waals surface area contributed by atoms with Crippen molar-refractivity contribution in [3.63, 3.8) is 0 Å². The monoisotopic (exact) mass is 1010 g/mol. The van der Waals surface area contributed by atoms with Crippen molar-refractivity contribution in [2.24, 2.45) is 16.7 Å². The van der Waals surface area contributed by atoms with Gasteiger partial charge in [-0.05, 0) is 124 Å². The molecule has 5 aromatic rings. The molecule has 1 spiro atoms. The number of aliphatic hydroxyl groups excluding tert-OH is 1. The maximum atomic E-state index is 15.0. The second-order valence-corrected chi connectivity index (χ2v) is 23.7. The smallest absolute Gasteiger partial charge is 0.297 e. The molecule has 0 bridgehead atoms. The largest absolute Gasteiger partial charge is 0.489 e. The maximum Gasteiger partial charge on any atom is 0.297 e. The number of nitrogens with zero attached hydrogens (tertiary/aromatic N) is 4. The number of nitrogens with one attached hydrogen (secondary N) is 3. The summed E-state index contributed by atoms with van der Waals surface area (Å²) in [4.78, 5) is 37.8. The molecule has 3 aromatic carbocycles. The highest BCUT2D eigenvalue weighted by atomic mass is 32.2. The van der Waals surface area contributed by atoms with Crippen LogP contribution in [0.25, 0.3) is 11.0 Å². The van der Waals surface area contributed by atoms with Gasteiger partial charge < -0.3 is 34.5 Å². The first kappa shape index (κ1) is 49.6. The third kappa shape index (κ3) is 9.93.